The zero-order valence-electron chi connectivity index (χ0n) is 16.0. The first-order valence-corrected chi connectivity index (χ1v) is 9.10. The Morgan fingerprint density at radius 1 is 0.857 bits per heavy atom. The van der Waals surface area contributed by atoms with Crippen molar-refractivity contribution in [3.05, 3.63) is 102 Å². The molecule has 0 bridgehead atoms. The average Bonchev–Trinajstić information content (AvgIpc) is 2.77. The van der Waals surface area contributed by atoms with Crippen LogP contribution in [0.25, 0.3) is 0 Å². The lowest BCUT2D eigenvalue weighted by Crippen LogP contribution is -2.25. The van der Waals surface area contributed by atoms with Gasteiger partial charge in [0.25, 0.3) is 0 Å². The molecule has 0 N–H and O–H groups in total. The number of carbonyl (C=O) groups is 1. The van der Waals surface area contributed by atoms with Crippen LogP contribution in [0, 0.1) is 0 Å². The van der Waals surface area contributed by atoms with Crippen LogP contribution in [-0.4, -0.2) is 31.9 Å². The van der Waals surface area contributed by atoms with Crippen molar-refractivity contribution in [3.8, 4) is 5.75 Å². The van der Waals surface area contributed by atoms with Crippen LogP contribution in [0.1, 0.15) is 16.7 Å². The maximum absolute atomic E-state index is 12.5. The summed E-state index contributed by atoms with van der Waals surface area (Å²) in [6.45, 7) is 0. The van der Waals surface area contributed by atoms with Gasteiger partial charge in [0, 0.05) is 17.5 Å². The molecule has 1 atom stereocenters. The van der Waals surface area contributed by atoms with E-state index in [2.05, 4.69) is 0 Å². The minimum Gasteiger partial charge on any atom is -0.497 e. The summed E-state index contributed by atoms with van der Waals surface area (Å²) in [4.78, 5) is 17.3. The molecular weight excluding hydrogens is 350 g/mol. The maximum atomic E-state index is 12.5. The lowest BCUT2D eigenvalue weighted by Gasteiger charge is -2.15. The third kappa shape index (κ3) is 4.86. The molecule has 3 rings (SSSR count). The van der Waals surface area contributed by atoms with Crippen molar-refractivity contribution < 1.29 is 14.3 Å². The highest BCUT2D eigenvalue weighted by Gasteiger charge is 2.21. The van der Waals surface area contributed by atoms with Crippen LogP contribution < -0.4 is 4.74 Å². The molecule has 0 radical (unpaired) electrons. The van der Waals surface area contributed by atoms with Crippen molar-refractivity contribution in [3.63, 3.8) is 0 Å². The largest absolute Gasteiger partial charge is 0.497 e. The van der Waals surface area contributed by atoms with E-state index >= 15 is 0 Å². The number of benzene rings is 3. The van der Waals surface area contributed by atoms with Crippen molar-refractivity contribution in [2.75, 3.05) is 14.2 Å². The Morgan fingerprint density at radius 3 is 2.00 bits per heavy atom. The highest BCUT2D eigenvalue weighted by molar-refractivity contribution is 6.13. The van der Waals surface area contributed by atoms with Crippen LogP contribution >= 0.6 is 0 Å². The van der Waals surface area contributed by atoms with Gasteiger partial charge in [-0.15, -0.1) is 0 Å². The molecular formula is C24H23NO3. The fourth-order valence-electron chi connectivity index (χ4n) is 3.00. The number of carbonyl (C=O) groups excluding carboxylic acids is 1. The van der Waals surface area contributed by atoms with Gasteiger partial charge in [0.1, 0.15) is 5.75 Å². The molecule has 142 valence electrons. The Labute approximate surface area is 165 Å². The summed E-state index contributed by atoms with van der Waals surface area (Å²) in [5.41, 5.74) is 3.62. The summed E-state index contributed by atoms with van der Waals surface area (Å²) < 4.78 is 10.3. The van der Waals surface area contributed by atoms with Crippen molar-refractivity contribution in [1.82, 2.24) is 0 Å². The van der Waals surface area contributed by atoms with Crippen molar-refractivity contribution in [1.29, 1.82) is 0 Å². The number of nitrogens with zero attached hydrogens (tertiary/aromatic N) is 1. The molecule has 3 aromatic carbocycles. The topological polar surface area (TPSA) is 47.9 Å². The molecule has 0 aliphatic rings. The number of hydrogen-bond acceptors (Lipinski definition) is 4. The third-order valence-corrected chi connectivity index (χ3v) is 4.42. The summed E-state index contributed by atoms with van der Waals surface area (Å²) >= 11 is 0. The molecule has 0 saturated carbocycles. The smallest absolute Gasteiger partial charge is 0.330 e. The zero-order valence-corrected chi connectivity index (χ0v) is 16.0. The van der Waals surface area contributed by atoms with Crippen LogP contribution in [0.4, 0.5) is 0 Å². The molecule has 28 heavy (non-hydrogen) atoms. The molecule has 1 unspecified atom stereocenters. The highest BCUT2D eigenvalue weighted by Crippen LogP contribution is 2.18. The third-order valence-electron chi connectivity index (χ3n) is 4.42. The number of aliphatic imine (C=N–C) groups is 1. The van der Waals surface area contributed by atoms with Gasteiger partial charge in [-0.1, -0.05) is 72.8 Å². The molecule has 4 heteroatoms. The van der Waals surface area contributed by atoms with Gasteiger partial charge >= 0.3 is 5.97 Å². The minimum atomic E-state index is -0.660. The lowest BCUT2D eigenvalue weighted by molar-refractivity contribution is -0.142. The van der Waals surface area contributed by atoms with Crippen molar-refractivity contribution in [2.24, 2.45) is 4.99 Å². The van der Waals surface area contributed by atoms with Gasteiger partial charge in [-0.05, 0) is 17.7 Å². The second-order valence-corrected chi connectivity index (χ2v) is 6.30. The van der Waals surface area contributed by atoms with Gasteiger partial charge in [-0.3, -0.25) is 4.99 Å². The van der Waals surface area contributed by atoms with Gasteiger partial charge in [-0.25, -0.2) is 4.79 Å². The van der Waals surface area contributed by atoms with Crippen LogP contribution in [0.5, 0.6) is 5.75 Å². The summed E-state index contributed by atoms with van der Waals surface area (Å²) in [6, 6.07) is 26.7. The van der Waals surface area contributed by atoms with Gasteiger partial charge in [-0.2, -0.15) is 0 Å². The fraction of sp³-hybridized carbons (Fsp3) is 0.167. The molecule has 4 nitrogen and oxygen atoms in total. The first kappa shape index (κ1) is 19.4. The van der Waals surface area contributed by atoms with E-state index in [1.54, 1.807) is 7.11 Å². The van der Waals surface area contributed by atoms with E-state index in [1.165, 1.54) is 7.11 Å². The van der Waals surface area contributed by atoms with Gasteiger partial charge in [0.15, 0.2) is 6.04 Å². The second-order valence-electron chi connectivity index (χ2n) is 6.30. The Morgan fingerprint density at radius 2 is 1.46 bits per heavy atom. The molecule has 0 fully saturated rings. The van der Waals surface area contributed by atoms with E-state index in [1.807, 2.05) is 84.9 Å². The number of hydrogen-bond donors (Lipinski definition) is 0. The zero-order chi connectivity index (χ0) is 19.8. The predicted octanol–water partition coefficient (Wildman–Crippen LogP) is 4.32. The van der Waals surface area contributed by atoms with E-state index in [-0.39, 0.29) is 5.97 Å². The minimum absolute atomic E-state index is 0.368. The molecule has 3 aromatic rings. The summed E-state index contributed by atoms with van der Waals surface area (Å²) in [7, 11) is 3.01. The SMILES string of the molecule is COC(=O)C(Cc1cccc(OC)c1)N=C(c1ccccc1)c1ccccc1. The molecule has 0 aromatic heterocycles. The maximum Gasteiger partial charge on any atom is 0.330 e. The van der Waals surface area contributed by atoms with E-state index in [9.17, 15) is 4.79 Å². The first-order chi connectivity index (χ1) is 13.7. The number of methoxy groups -OCH3 is 2. The summed E-state index contributed by atoms with van der Waals surface area (Å²) in [5.74, 6) is 0.378. The standard InChI is InChI=1S/C24H23NO3/c1-27-21-15-9-10-18(16-21)17-22(24(26)28-2)25-23(19-11-5-3-6-12-19)20-13-7-4-8-14-20/h3-16,22H,17H2,1-2H3. The second kappa shape index (κ2) is 9.51. The van der Waals surface area contributed by atoms with Crippen LogP contribution in [0.15, 0.2) is 89.9 Å². The van der Waals surface area contributed by atoms with Gasteiger partial charge in [0.2, 0.25) is 0 Å². The molecule has 0 amide bonds. The van der Waals surface area contributed by atoms with Crippen LogP contribution in [0.3, 0.4) is 0 Å². The predicted molar refractivity (Wildman–Crippen MR) is 111 cm³/mol. The molecule has 0 aliphatic carbocycles. The van der Waals surface area contributed by atoms with Crippen LogP contribution in [0.2, 0.25) is 0 Å². The van der Waals surface area contributed by atoms with Crippen molar-refractivity contribution >= 4 is 11.7 Å². The lowest BCUT2D eigenvalue weighted by atomic mass is 10.0. The number of esters is 1. The Hall–Kier alpha value is -3.40. The molecule has 0 saturated heterocycles. The van der Waals surface area contributed by atoms with Crippen molar-refractivity contribution in [2.45, 2.75) is 12.5 Å². The van der Waals surface area contributed by atoms with Gasteiger partial charge < -0.3 is 9.47 Å². The molecule has 0 spiro atoms. The van der Waals surface area contributed by atoms with E-state index in [0.29, 0.717) is 6.42 Å². The van der Waals surface area contributed by atoms with E-state index in [4.69, 9.17) is 14.5 Å². The Balaban J connectivity index is 2.03. The normalized spacial score (nSPS) is 11.4. The fourth-order valence-corrected chi connectivity index (χ4v) is 3.00. The highest BCUT2D eigenvalue weighted by atomic mass is 16.5. The number of ether oxygens (including phenoxy) is 2. The van der Waals surface area contributed by atoms with E-state index < -0.39 is 6.04 Å². The van der Waals surface area contributed by atoms with Gasteiger partial charge in [0.05, 0.1) is 19.9 Å². The molecule has 0 aliphatic heterocycles. The van der Waals surface area contributed by atoms with E-state index in [0.717, 1.165) is 28.2 Å². The Bertz CT molecular complexity index is 895. The summed E-state index contributed by atoms with van der Waals surface area (Å²) in [6.07, 6.45) is 0.424. The average molecular weight is 373 g/mol. The quantitative estimate of drug-likeness (QED) is 0.458. The first-order valence-electron chi connectivity index (χ1n) is 9.10. The van der Waals surface area contributed by atoms with Crippen LogP contribution in [-0.2, 0) is 16.0 Å². The monoisotopic (exact) mass is 373 g/mol. The summed E-state index contributed by atoms with van der Waals surface area (Å²) in [5, 5.41) is 0. The molecule has 0 heterocycles. The number of rotatable bonds is 7. The Kier molecular flexibility index (Phi) is 6.58.